The van der Waals surface area contributed by atoms with E-state index in [2.05, 4.69) is 10.3 Å². The van der Waals surface area contributed by atoms with E-state index in [0.29, 0.717) is 5.69 Å². The molecule has 138 valence electrons. The summed E-state index contributed by atoms with van der Waals surface area (Å²) in [6, 6.07) is 26.8. The molecule has 4 rings (SSSR count). The number of benzene rings is 3. The molecule has 1 N–H and O–H groups in total. The van der Waals surface area contributed by atoms with E-state index in [4.69, 9.17) is 0 Å². The van der Waals surface area contributed by atoms with Gasteiger partial charge in [0.1, 0.15) is 5.57 Å². The van der Waals surface area contributed by atoms with E-state index in [1.165, 1.54) is 5.01 Å². The molecule has 0 aromatic heterocycles. The van der Waals surface area contributed by atoms with Gasteiger partial charge in [-0.3, -0.25) is 15.0 Å². The largest absolute Gasteiger partial charge is 0.345 e. The number of carbonyl (C=O) groups excluding carboxylic acids is 2. The molecule has 1 aliphatic rings. The zero-order chi connectivity index (χ0) is 19.5. The van der Waals surface area contributed by atoms with Gasteiger partial charge >= 0.3 is 0 Å². The van der Waals surface area contributed by atoms with Crippen LogP contribution in [0.1, 0.15) is 5.56 Å². The van der Waals surface area contributed by atoms with Crippen molar-refractivity contribution in [3.8, 4) is 0 Å². The van der Waals surface area contributed by atoms with Crippen molar-refractivity contribution in [2.75, 3.05) is 17.0 Å². The van der Waals surface area contributed by atoms with Crippen molar-refractivity contribution in [2.45, 2.75) is 0 Å². The zero-order valence-electron chi connectivity index (χ0n) is 15.4. The number of nitrogens with zero attached hydrogens (tertiary/aromatic N) is 2. The molecular formula is C23H19N3O2. The van der Waals surface area contributed by atoms with E-state index in [1.54, 1.807) is 18.2 Å². The van der Waals surface area contributed by atoms with Gasteiger partial charge in [0, 0.05) is 18.4 Å². The average Bonchev–Trinajstić information content (AvgIpc) is 3.03. The van der Waals surface area contributed by atoms with Crippen LogP contribution in [0, 0.1) is 0 Å². The van der Waals surface area contributed by atoms with Crippen LogP contribution in [0.4, 0.5) is 17.1 Å². The Labute approximate surface area is 163 Å². The van der Waals surface area contributed by atoms with Crippen LogP contribution in [0.3, 0.4) is 0 Å². The number of hydrogen-bond acceptors (Lipinski definition) is 3. The highest BCUT2D eigenvalue weighted by molar-refractivity contribution is 6.31. The fourth-order valence-electron chi connectivity index (χ4n) is 3.08. The van der Waals surface area contributed by atoms with Crippen molar-refractivity contribution in [1.82, 2.24) is 5.43 Å². The Bertz CT molecular complexity index is 1030. The van der Waals surface area contributed by atoms with E-state index < -0.39 is 5.91 Å². The van der Waals surface area contributed by atoms with Crippen molar-refractivity contribution in [3.63, 3.8) is 0 Å². The van der Waals surface area contributed by atoms with Gasteiger partial charge < -0.3 is 4.90 Å². The number of nitrogens with one attached hydrogen (secondary N) is 1. The number of rotatable bonds is 4. The van der Waals surface area contributed by atoms with Crippen LogP contribution in [-0.2, 0) is 9.59 Å². The molecule has 0 aliphatic carbocycles. The molecule has 5 nitrogen and oxygen atoms in total. The average molecular weight is 369 g/mol. The number of carbonyl (C=O) groups is 2. The fourth-order valence-corrected chi connectivity index (χ4v) is 3.08. The third kappa shape index (κ3) is 3.38. The van der Waals surface area contributed by atoms with Gasteiger partial charge in [0.25, 0.3) is 11.8 Å². The monoisotopic (exact) mass is 369 g/mol. The van der Waals surface area contributed by atoms with Crippen molar-refractivity contribution >= 4 is 35.0 Å². The first-order valence-corrected chi connectivity index (χ1v) is 8.94. The van der Waals surface area contributed by atoms with Crippen LogP contribution < -0.4 is 15.3 Å². The van der Waals surface area contributed by atoms with Crippen molar-refractivity contribution in [3.05, 3.63) is 96.1 Å². The molecule has 0 spiro atoms. The lowest BCUT2D eigenvalue weighted by molar-refractivity contribution is -0.117. The molecule has 0 atom stereocenters. The van der Waals surface area contributed by atoms with Gasteiger partial charge in [-0.25, -0.2) is 5.01 Å². The van der Waals surface area contributed by atoms with Gasteiger partial charge in [0.2, 0.25) is 0 Å². The lowest BCUT2D eigenvalue weighted by Crippen LogP contribution is -2.35. The Morgan fingerprint density at radius 1 is 0.786 bits per heavy atom. The topological polar surface area (TPSA) is 52.7 Å². The first-order valence-electron chi connectivity index (χ1n) is 8.94. The third-order valence-corrected chi connectivity index (χ3v) is 4.64. The number of hydrazine groups is 1. The molecule has 1 saturated heterocycles. The maximum Gasteiger partial charge on any atom is 0.282 e. The summed E-state index contributed by atoms with van der Waals surface area (Å²) in [7, 11) is 1.99. The summed E-state index contributed by atoms with van der Waals surface area (Å²) < 4.78 is 0. The highest BCUT2D eigenvalue weighted by Crippen LogP contribution is 2.25. The molecule has 0 unspecified atom stereocenters. The van der Waals surface area contributed by atoms with Crippen molar-refractivity contribution in [2.24, 2.45) is 0 Å². The van der Waals surface area contributed by atoms with Crippen LogP contribution in [-0.4, -0.2) is 18.9 Å². The number of anilines is 3. The van der Waals surface area contributed by atoms with E-state index in [-0.39, 0.29) is 11.5 Å². The fraction of sp³-hybridized carbons (Fsp3) is 0.0435. The molecular weight excluding hydrogens is 350 g/mol. The van der Waals surface area contributed by atoms with Crippen LogP contribution in [0.5, 0.6) is 0 Å². The second kappa shape index (κ2) is 7.40. The van der Waals surface area contributed by atoms with E-state index in [0.717, 1.165) is 16.9 Å². The molecule has 3 aromatic carbocycles. The molecule has 5 heteroatoms. The normalized spacial score (nSPS) is 15.0. The number of hydrogen-bond donors (Lipinski definition) is 1. The summed E-state index contributed by atoms with van der Waals surface area (Å²) in [5, 5.41) is 1.27. The van der Waals surface area contributed by atoms with Gasteiger partial charge in [-0.1, -0.05) is 48.5 Å². The van der Waals surface area contributed by atoms with Crippen LogP contribution in [0.25, 0.3) is 6.08 Å². The Morgan fingerprint density at radius 2 is 1.36 bits per heavy atom. The zero-order valence-corrected chi connectivity index (χ0v) is 15.4. The smallest absolute Gasteiger partial charge is 0.282 e. The molecule has 28 heavy (non-hydrogen) atoms. The summed E-state index contributed by atoms with van der Waals surface area (Å²) >= 11 is 0. The van der Waals surface area contributed by atoms with Crippen LogP contribution in [0.15, 0.2) is 90.5 Å². The van der Waals surface area contributed by atoms with Gasteiger partial charge in [-0.05, 0) is 48.0 Å². The van der Waals surface area contributed by atoms with E-state index >= 15 is 0 Å². The second-order valence-corrected chi connectivity index (χ2v) is 6.46. The van der Waals surface area contributed by atoms with Crippen molar-refractivity contribution in [1.29, 1.82) is 0 Å². The van der Waals surface area contributed by atoms with Gasteiger partial charge in [0.05, 0.1) is 5.69 Å². The minimum absolute atomic E-state index is 0.119. The Kier molecular flexibility index (Phi) is 4.64. The number of para-hydroxylation sites is 2. The standard InChI is InChI=1S/C23H19N3O2/c1-25(18-8-4-2-5-9-18)19-14-12-17(13-15-19)16-21-22(27)24-26(23(21)28)20-10-6-3-7-11-20/h2-16H,1H3,(H,24,27). The Balaban J connectivity index is 1.56. The van der Waals surface area contributed by atoms with Gasteiger partial charge in [-0.2, -0.15) is 0 Å². The summed E-state index contributed by atoms with van der Waals surface area (Å²) in [6.45, 7) is 0. The summed E-state index contributed by atoms with van der Waals surface area (Å²) in [5.74, 6) is -0.763. The first kappa shape index (κ1) is 17.5. The summed E-state index contributed by atoms with van der Waals surface area (Å²) in [4.78, 5) is 27.0. The summed E-state index contributed by atoms with van der Waals surface area (Å²) in [6.07, 6.45) is 1.62. The molecule has 3 aromatic rings. The molecule has 1 fully saturated rings. The minimum Gasteiger partial charge on any atom is -0.345 e. The quantitative estimate of drug-likeness (QED) is 0.560. The van der Waals surface area contributed by atoms with Crippen LogP contribution >= 0.6 is 0 Å². The molecule has 1 heterocycles. The SMILES string of the molecule is CN(c1ccccc1)c1ccc(C=C2C(=O)NN(c3ccccc3)C2=O)cc1. The van der Waals surface area contributed by atoms with E-state index in [9.17, 15) is 9.59 Å². The predicted octanol–water partition coefficient (Wildman–Crippen LogP) is 3.92. The molecule has 0 bridgehead atoms. The molecule has 0 saturated carbocycles. The highest BCUT2D eigenvalue weighted by Gasteiger charge is 2.34. The maximum absolute atomic E-state index is 12.6. The number of amides is 2. The Morgan fingerprint density at radius 3 is 2.00 bits per heavy atom. The molecule has 0 radical (unpaired) electrons. The van der Waals surface area contributed by atoms with Gasteiger partial charge in [-0.15, -0.1) is 0 Å². The lowest BCUT2D eigenvalue weighted by Gasteiger charge is -2.19. The lowest BCUT2D eigenvalue weighted by atomic mass is 10.1. The predicted molar refractivity (Wildman–Crippen MR) is 111 cm³/mol. The van der Waals surface area contributed by atoms with Crippen molar-refractivity contribution < 1.29 is 9.59 Å². The molecule has 1 aliphatic heterocycles. The first-order chi connectivity index (χ1) is 13.6. The third-order valence-electron chi connectivity index (χ3n) is 4.64. The molecule has 2 amide bonds. The Hall–Kier alpha value is -3.86. The minimum atomic E-state index is -0.403. The highest BCUT2D eigenvalue weighted by atomic mass is 16.2. The maximum atomic E-state index is 12.6. The van der Waals surface area contributed by atoms with Crippen LogP contribution in [0.2, 0.25) is 0 Å². The summed E-state index contributed by atoms with van der Waals surface area (Å²) in [5.41, 5.74) is 6.24. The van der Waals surface area contributed by atoms with Gasteiger partial charge in [0.15, 0.2) is 0 Å². The second-order valence-electron chi connectivity index (χ2n) is 6.46. The van der Waals surface area contributed by atoms with E-state index in [1.807, 2.05) is 79.8 Å².